The minimum absolute atomic E-state index is 0.205. The van der Waals surface area contributed by atoms with E-state index in [0.29, 0.717) is 0 Å². The highest BCUT2D eigenvalue weighted by atomic mass is 32.2. The van der Waals surface area contributed by atoms with Gasteiger partial charge in [-0.25, -0.2) is 0 Å². The molecular formula is C13H17NOS. The molecule has 0 saturated heterocycles. The van der Waals surface area contributed by atoms with Crippen LogP contribution in [-0.2, 0) is 4.79 Å². The van der Waals surface area contributed by atoms with Crippen molar-refractivity contribution in [1.29, 1.82) is 0 Å². The lowest BCUT2D eigenvalue weighted by Crippen LogP contribution is -2.46. The number of benzene rings is 1. The molecule has 2 nitrogen and oxygen atoms in total. The molecule has 0 radical (unpaired) electrons. The molecule has 1 aliphatic heterocycles. The summed E-state index contributed by atoms with van der Waals surface area (Å²) < 4.78 is -0.350. The number of amides is 1. The van der Waals surface area contributed by atoms with E-state index >= 15 is 0 Å². The van der Waals surface area contributed by atoms with Gasteiger partial charge in [0.25, 0.3) is 0 Å². The summed E-state index contributed by atoms with van der Waals surface area (Å²) in [7, 11) is 0. The lowest BCUT2D eigenvalue weighted by atomic mass is 10.1. The lowest BCUT2D eigenvalue weighted by Gasteiger charge is -2.37. The van der Waals surface area contributed by atoms with Crippen molar-refractivity contribution in [3.05, 3.63) is 23.8 Å². The van der Waals surface area contributed by atoms with Crippen molar-refractivity contribution in [3.8, 4) is 0 Å². The van der Waals surface area contributed by atoms with Crippen LogP contribution in [0.3, 0.4) is 0 Å². The average Bonchev–Trinajstić information content (AvgIpc) is 2.20. The molecular weight excluding hydrogens is 218 g/mol. The van der Waals surface area contributed by atoms with Gasteiger partial charge < -0.3 is 4.90 Å². The molecule has 0 aromatic heterocycles. The number of hydrogen-bond acceptors (Lipinski definition) is 2. The first-order valence-electron chi connectivity index (χ1n) is 5.57. The van der Waals surface area contributed by atoms with Crippen molar-refractivity contribution in [2.24, 2.45) is 0 Å². The zero-order valence-corrected chi connectivity index (χ0v) is 11.0. The molecule has 3 heteroatoms. The van der Waals surface area contributed by atoms with Gasteiger partial charge in [0, 0.05) is 11.4 Å². The molecule has 0 spiro atoms. The SMILES string of the molecule is CCN1C(=O)C(C)(C)Sc2cc(C)ccc21. The molecule has 1 aliphatic rings. The molecule has 86 valence electrons. The highest BCUT2D eigenvalue weighted by Crippen LogP contribution is 2.45. The Morgan fingerprint density at radius 2 is 2.06 bits per heavy atom. The Labute approximate surface area is 101 Å². The molecule has 16 heavy (non-hydrogen) atoms. The largest absolute Gasteiger partial charge is 0.310 e. The molecule has 0 saturated carbocycles. The van der Waals surface area contributed by atoms with Gasteiger partial charge >= 0.3 is 0 Å². The van der Waals surface area contributed by atoms with Crippen LogP contribution in [0.15, 0.2) is 23.1 Å². The summed E-state index contributed by atoms with van der Waals surface area (Å²) in [5.74, 6) is 0.205. The van der Waals surface area contributed by atoms with Crippen molar-refractivity contribution in [1.82, 2.24) is 0 Å². The summed E-state index contributed by atoms with van der Waals surface area (Å²) in [5, 5.41) is 0. The summed E-state index contributed by atoms with van der Waals surface area (Å²) in [6.07, 6.45) is 0. The number of fused-ring (bicyclic) bond motifs is 1. The van der Waals surface area contributed by atoms with Gasteiger partial charge in [-0.05, 0) is 45.4 Å². The van der Waals surface area contributed by atoms with Crippen molar-refractivity contribution >= 4 is 23.4 Å². The smallest absolute Gasteiger partial charge is 0.243 e. The van der Waals surface area contributed by atoms with E-state index in [9.17, 15) is 4.79 Å². The number of thioether (sulfide) groups is 1. The number of carbonyl (C=O) groups excluding carboxylic acids is 1. The van der Waals surface area contributed by atoms with Gasteiger partial charge in [0.1, 0.15) is 0 Å². The van der Waals surface area contributed by atoms with Gasteiger partial charge in [-0.1, -0.05) is 6.07 Å². The summed E-state index contributed by atoms with van der Waals surface area (Å²) >= 11 is 1.66. The number of rotatable bonds is 1. The zero-order chi connectivity index (χ0) is 11.9. The van der Waals surface area contributed by atoms with Crippen LogP contribution in [0.5, 0.6) is 0 Å². The standard InChI is InChI=1S/C13H17NOS/c1-5-14-10-7-6-9(2)8-11(10)16-13(3,4)12(14)15/h6-8H,5H2,1-4H3. The third-order valence-electron chi connectivity index (χ3n) is 2.85. The van der Waals surface area contributed by atoms with Crippen LogP contribution >= 0.6 is 11.8 Å². The normalized spacial score (nSPS) is 18.5. The van der Waals surface area contributed by atoms with Gasteiger partial charge in [0.2, 0.25) is 5.91 Å². The van der Waals surface area contributed by atoms with E-state index in [1.165, 1.54) is 10.5 Å². The predicted octanol–water partition coefficient (Wildman–Crippen LogP) is 3.23. The third kappa shape index (κ3) is 1.73. The Morgan fingerprint density at radius 1 is 1.38 bits per heavy atom. The molecule has 0 unspecified atom stereocenters. The first kappa shape index (κ1) is 11.5. The third-order valence-corrected chi connectivity index (χ3v) is 4.08. The van der Waals surface area contributed by atoms with Crippen molar-refractivity contribution in [2.75, 3.05) is 11.4 Å². The molecule has 0 N–H and O–H groups in total. The van der Waals surface area contributed by atoms with Gasteiger partial charge in [-0.3, -0.25) is 4.79 Å². The molecule has 2 rings (SSSR count). The number of aryl methyl sites for hydroxylation is 1. The van der Waals surface area contributed by atoms with Crippen LogP contribution < -0.4 is 4.90 Å². The summed E-state index contributed by atoms with van der Waals surface area (Å²) in [6, 6.07) is 6.28. The Bertz CT molecular complexity index is 440. The number of carbonyl (C=O) groups is 1. The fraction of sp³-hybridized carbons (Fsp3) is 0.462. The van der Waals surface area contributed by atoms with Crippen molar-refractivity contribution < 1.29 is 4.79 Å². The van der Waals surface area contributed by atoms with Crippen LogP contribution in [0.4, 0.5) is 5.69 Å². The maximum Gasteiger partial charge on any atom is 0.243 e. The molecule has 1 aromatic rings. The highest BCUT2D eigenvalue weighted by molar-refractivity contribution is 8.01. The summed E-state index contributed by atoms with van der Waals surface area (Å²) in [5.41, 5.74) is 2.30. The van der Waals surface area contributed by atoms with Crippen LogP contribution in [0.2, 0.25) is 0 Å². The van der Waals surface area contributed by atoms with E-state index < -0.39 is 0 Å². The maximum atomic E-state index is 12.2. The number of hydrogen-bond donors (Lipinski definition) is 0. The highest BCUT2D eigenvalue weighted by Gasteiger charge is 2.38. The van der Waals surface area contributed by atoms with Gasteiger partial charge in [-0.2, -0.15) is 0 Å². The maximum absolute atomic E-state index is 12.2. The van der Waals surface area contributed by atoms with Gasteiger partial charge in [0.15, 0.2) is 0 Å². The minimum atomic E-state index is -0.350. The molecule has 1 aromatic carbocycles. The lowest BCUT2D eigenvalue weighted by molar-refractivity contribution is -0.120. The van der Waals surface area contributed by atoms with Gasteiger partial charge in [-0.15, -0.1) is 11.8 Å². The first-order chi connectivity index (χ1) is 7.45. The van der Waals surface area contributed by atoms with E-state index in [4.69, 9.17) is 0 Å². The molecule has 1 heterocycles. The van der Waals surface area contributed by atoms with Gasteiger partial charge in [0.05, 0.1) is 10.4 Å². The topological polar surface area (TPSA) is 20.3 Å². The van der Waals surface area contributed by atoms with E-state index in [2.05, 4.69) is 19.1 Å². The van der Waals surface area contributed by atoms with E-state index in [1.54, 1.807) is 11.8 Å². The second-order valence-electron chi connectivity index (χ2n) is 4.63. The minimum Gasteiger partial charge on any atom is -0.310 e. The predicted molar refractivity (Wildman–Crippen MR) is 69.1 cm³/mol. The number of anilines is 1. The Balaban J connectivity index is 2.55. The van der Waals surface area contributed by atoms with E-state index in [0.717, 1.165) is 12.2 Å². The Hall–Kier alpha value is -0.960. The molecule has 0 bridgehead atoms. The molecule has 0 fully saturated rings. The van der Waals surface area contributed by atoms with Crippen LogP contribution in [0.25, 0.3) is 0 Å². The number of nitrogens with zero attached hydrogens (tertiary/aromatic N) is 1. The monoisotopic (exact) mass is 235 g/mol. The fourth-order valence-electron chi connectivity index (χ4n) is 1.99. The summed E-state index contributed by atoms with van der Waals surface area (Å²) in [6.45, 7) is 8.83. The molecule has 0 atom stereocenters. The quantitative estimate of drug-likeness (QED) is 0.745. The summed E-state index contributed by atoms with van der Waals surface area (Å²) in [4.78, 5) is 15.3. The van der Waals surface area contributed by atoms with Crippen LogP contribution in [0, 0.1) is 6.92 Å². The van der Waals surface area contributed by atoms with Crippen LogP contribution in [-0.4, -0.2) is 17.2 Å². The van der Waals surface area contributed by atoms with E-state index in [1.807, 2.05) is 31.7 Å². The first-order valence-corrected chi connectivity index (χ1v) is 6.39. The van der Waals surface area contributed by atoms with Crippen LogP contribution in [0.1, 0.15) is 26.3 Å². The fourth-order valence-corrected chi connectivity index (χ4v) is 3.27. The molecule has 0 aliphatic carbocycles. The van der Waals surface area contributed by atoms with E-state index in [-0.39, 0.29) is 10.7 Å². The average molecular weight is 235 g/mol. The van der Waals surface area contributed by atoms with Crippen molar-refractivity contribution in [2.45, 2.75) is 37.3 Å². The Morgan fingerprint density at radius 3 is 2.69 bits per heavy atom. The second kappa shape index (κ2) is 3.81. The van der Waals surface area contributed by atoms with Crippen molar-refractivity contribution in [3.63, 3.8) is 0 Å². The second-order valence-corrected chi connectivity index (χ2v) is 6.30. The zero-order valence-electron chi connectivity index (χ0n) is 10.2. The molecule has 1 amide bonds. The Kier molecular flexibility index (Phi) is 2.74.